The Labute approximate surface area is 62.0 Å². The Morgan fingerprint density at radius 2 is 2.00 bits per heavy atom. The van der Waals surface area contributed by atoms with Crippen LogP contribution in [0.1, 0.15) is 6.42 Å². The molecule has 54 valence electrons. The molecule has 0 saturated heterocycles. The van der Waals surface area contributed by atoms with Crippen molar-refractivity contribution < 1.29 is 4.79 Å². The van der Waals surface area contributed by atoms with E-state index in [-0.39, 0.29) is 6.42 Å². The Balaban J connectivity index is 2.62. The molecule has 1 amide bonds. The standard InChI is InChI=1S/C3H5N5OS/c4-2(9)1-3(10)5-7-8-6-3/h10H,1H2,(H2,4,9). The molecule has 0 unspecified atom stereocenters. The van der Waals surface area contributed by atoms with Gasteiger partial charge in [-0.2, -0.15) is 0 Å². The smallest absolute Gasteiger partial charge is 0.246 e. The van der Waals surface area contributed by atoms with Gasteiger partial charge in [-0.15, -0.1) is 22.9 Å². The van der Waals surface area contributed by atoms with Gasteiger partial charge in [0, 0.05) is 0 Å². The highest BCUT2D eigenvalue weighted by Crippen LogP contribution is 2.27. The molecular weight excluding hydrogens is 154 g/mol. The summed E-state index contributed by atoms with van der Waals surface area (Å²) in [5.74, 6) is -0.533. The highest BCUT2D eigenvalue weighted by molar-refractivity contribution is 7.81. The van der Waals surface area contributed by atoms with E-state index >= 15 is 0 Å². The largest absolute Gasteiger partial charge is 0.370 e. The SMILES string of the molecule is NC(=O)CC1(S)N=NN=N1. The molecule has 0 bridgehead atoms. The summed E-state index contributed by atoms with van der Waals surface area (Å²) >= 11 is 3.90. The van der Waals surface area contributed by atoms with E-state index in [9.17, 15) is 4.79 Å². The first kappa shape index (κ1) is 7.13. The fraction of sp³-hybridized carbons (Fsp3) is 0.667. The van der Waals surface area contributed by atoms with Crippen molar-refractivity contribution in [1.82, 2.24) is 0 Å². The maximum Gasteiger partial charge on any atom is 0.246 e. The van der Waals surface area contributed by atoms with E-state index in [0.717, 1.165) is 0 Å². The van der Waals surface area contributed by atoms with Crippen LogP contribution < -0.4 is 5.73 Å². The van der Waals surface area contributed by atoms with Gasteiger partial charge in [-0.3, -0.25) is 4.79 Å². The maximum atomic E-state index is 10.3. The molecule has 1 rings (SSSR count). The minimum Gasteiger partial charge on any atom is -0.370 e. The molecule has 0 radical (unpaired) electrons. The normalized spacial score (nSPS) is 19.7. The first-order valence-corrected chi connectivity index (χ1v) is 2.92. The molecule has 0 aliphatic carbocycles. The van der Waals surface area contributed by atoms with Crippen LogP contribution in [0.5, 0.6) is 0 Å². The van der Waals surface area contributed by atoms with Gasteiger partial charge in [-0.05, 0) is 10.4 Å². The molecule has 0 spiro atoms. The van der Waals surface area contributed by atoms with Gasteiger partial charge >= 0.3 is 0 Å². The lowest BCUT2D eigenvalue weighted by Crippen LogP contribution is -2.23. The predicted molar refractivity (Wildman–Crippen MR) is 35.2 cm³/mol. The zero-order chi connectivity index (χ0) is 7.61. The van der Waals surface area contributed by atoms with E-state index in [2.05, 4.69) is 33.3 Å². The Hall–Kier alpha value is -0.980. The van der Waals surface area contributed by atoms with Crippen LogP contribution in [-0.4, -0.2) is 10.9 Å². The monoisotopic (exact) mass is 159 g/mol. The van der Waals surface area contributed by atoms with Crippen LogP contribution in [0.25, 0.3) is 0 Å². The molecule has 0 atom stereocenters. The molecule has 0 aromatic rings. The Morgan fingerprint density at radius 1 is 1.50 bits per heavy atom. The topological polar surface area (TPSA) is 92.5 Å². The second-order valence-electron chi connectivity index (χ2n) is 1.80. The fourth-order valence-corrected chi connectivity index (χ4v) is 0.744. The summed E-state index contributed by atoms with van der Waals surface area (Å²) in [5, 5.41) is 13.3. The Morgan fingerprint density at radius 3 is 2.40 bits per heavy atom. The molecule has 1 aliphatic heterocycles. The summed E-state index contributed by atoms with van der Waals surface area (Å²) in [6.45, 7) is 0. The average Bonchev–Trinajstić information content (AvgIpc) is 2.12. The number of hydrogen-bond donors (Lipinski definition) is 2. The Bertz CT molecular complexity index is 199. The minimum atomic E-state index is -1.15. The molecule has 0 saturated carbocycles. The average molecular weight is 159 g/mol. The highest BCUT2D eigenvalue weighted by atomic mass is 32.1. The summed E-state index contributed by atoms with van der Waals surface area (Å²) in [4.78, 5) is 9.18. The van der Waals surface area contributed by atoms with Gasteiger partial charge in [0.2, 0.25) is 10.9 Å². The number of carbonyl (C=O) groups excluding carboxylic acids is 1. The van der Waals surface area contributed by atoms with Gasteiger partial charge in [-0.1, -0.05) is 0 Å². The number of nitrogens with two attached hydrogens (primary N) is 1. The number of hydrogen-bond acceptors (Lipinski definition) is 6. The summed E-state index contributed by atoms with van der Waals surface area (Å²) in [7, 11) is 0. The van der Waals surface area contributed by atoms with E-state index in [1.165, 1.54) is 0 Å². The molecule has 10 heavy (non-hydrogen) atoms. The van der Waals surface area contributed by atoms with Gasteiger partial charge < -0.3 is 5.73 Å². The Kier molecular flexibility index (Phi) is 1.66. The first-order chi connectivity index (χ1) is 4.62. The van der Waals surface area contributed by atoms with E-state index in [1.807, 2.05) is 0 Å². The third kappa shape index (κ3) is 1.50. The van der Waals surface area contributed by atoms with Crippen molar-refractivity contribution in [2.45, 2.75) is 11.4 Å². The van der Waals surface area contributed by atoms with Gasteiger partial charge in [0.1, 0.15) is 0 Å². The number of thiol groups is 1. The van der Waals surface area contributed by atoms with Crippen molar-refractivity contribution in [1.29, 1.82) is 0 Å². The van der Waals surface area contributed by atoms with Gasteiger partial charge in [0.05, 0.1) is 6.42 Å². The van der Waals surface area contributed by atoms with E-state index in [0.29, 0.717) is 0 Å². The molecule has 1 aliphatic rings. The van der Waals surface area contributed by atoms with Gasteiger partial charge in [0.25, 0.3) is 0 Å². The van der Waals surface area contributed by atoms with Crippen molar-refractivity contribution >= 4 is 18.5 Å². The summed E-state index contributed by atoms with van der Waals surface area (Å²) in [6, 6.07) is 0. The predicted octanol–water partition coefficient (Wildman–Crippen LogP) is 0.278. The lowest BCUT2D eigenvalue weighted by Gasteiger charge is -2.07. The highest BCUT2D eigenvalue weighted by Gasteiger charge is 2.30. The van der Waals surface area contributed by atoms with Crippen LogP contribution in [0.4, 0.5) is 0 Å². The number of carbonyl (C=O) groups is 1. The number of nitrogens with zero attached hydrogens (tertiary/aromatic N) is 4. The van der Waals surface area contributed by atoms with Crippen LogP contribution in [-0.2, 0) is 4.79 Å². The van der Waals surface area contributed by atoms with Crippen LogP contribution in [0.3, 0.4) is 0 Å². The molecule has 6 nitrogen and oxygen atoms in total. The zero-order valence-electron chi connectivity index (χ0n) is 4.93. The summed E-state index contributed by atoms with van der Waals surface area (Å²) < 4.78 is 0. The molecule has 1 heterocycles. The van der Waals surface area contributed by atoms with E-state index in [1.54, 1.807) is 0 Å². The first-order valence-electron chi connectivity index (χ1n) is 2.47. The second-order valence-corrected chi connectivity index (χ2v) is 2.51. The third-order valence-electron chi connectivity index (χ3n) is 0.861. The molecule has 7 heteroatoms. The van der Waals surface area contributed by atoms with Crippen molar-refractivity contribution in [3.05, 3.63) is 0 Å². The van der Waals surface area contributed by atoms with E-state index in [4.69, 9.17) is 5.73 Å². The zero-order valence-corrected chi connectivity index (χ0v) is 5.82. The number of amides is 1. The summed E-state index contributed by atoms with van der Waals surface area (Å²) in [6.07, 6.45) is -0.0802. The number of primary amides is 1. The minimum absolute atomic E-state index is 0.0802. The number of rotatable bonds is 2. The van der Waals surface area contributed by atoms with Crippen LogP contribution in [0, 0.1) is 0 Å². The van der Waals surface area contributed by atoms with Crippen molar-refractivity contribution in [2.75, 3.05) is 0 Å². The quantitative estimate of drug-likeness (QED) is 0.556. The lowest BCUT2D eigenvalue weighted by molar-refractivity contribution is -0.118. The molecule has 2 N–H and O–H groups in total. The third-order valence-corrected chi connectivity index (χ3v) is 1.20. The molecule has 0 aromatic carbocycles. The fourth-order valence-electron chi connectivity index (χ4n) is 0.508. The maximum absolute atomic E-state index is 10.3. The van der Waals surface area contributed by atoms with E-state index < -0.39 is 10.9 Å². The van der Waals surface area contributed by atoms with Crippen LogP contribution in [0.2, 0.25) is 0 Å². The lowest BCUT2D eigenvalue weighted by atomic mass is 10.3. The van der Waals surface area contributed by atoms with Crippen LogP contribution >= 0.6 is 12.6 Å². The van der Waals surface area contributed by atoms with Crippen molar-refractivity contribution in [3.63, 3.8) is 0 Å². The molecule has 0 fully saturated rings. The van der Waals surface area contributed by atoms with Crippen LogP contribution in [0.15, 0.2) is 20.7 Å². The molecule has 0 aromatic heterocycles. The van der Waals surface area contributed by atoms with Gasteiger partial charge in [-0.25, -0.2) is 0 Å². The second kappa shape index (κ2) is 2.33. The summed E-state index contributed by atoms with van der Waals surface area (Å²) in [5.41, 5.74) is 4.87. The van der Waals surface area contributed by atoms with Crippen molar-refractivity contribution in [3.8, 4) is 0 Å². The van der Waals surface area contributed by atoms with Gasteiger partial charge in [0.15, 0.2) is 0 Å². The molecular formula is C3H5N5OS. The van der Waals surface area contributed by atoms with Crippen molar-refractivity contribution in [2.24, 2.45) is 26.4 Å².